The van der Waals surface area contributed by atoms with Crippen molar-refractivity contribution < 1.29 is 18.3 Å². The van der Waals surface area contributed by atoms with Crippen molar-refractivity contribution in [1.29, 1.82) is 0 Å². The molecule has 2 rings (SSSR count). The molecule has 0 aliphatic carbocycles. The normalized spacial score (nSPS) is 10.3. The molecule has 0 unspecified atom stereocenters. The Labute approximate surface area is 111 Å². The standard InChI is InChI=1S/C12H8F2N2O2S/c1-18-12(17)9-5-15-6-11(16-9)19-10-4-7(13)2-3-8(10)14/h2-6H,1H3. The van der Waals surface area contributed by atoms with Crippen LogP contribution in [0.2, 0.25) is 0 Å². The minimum absolute atomic E-state index is 0.00399. The third-order valence-corrected chi connectivity index (χ3v) is 3.05. The number of carbonyl (C=O) groups excluding carboxylic acids is 1. The molecule has 0 aliphatic rings. The highest BCUT2D eigenvalue weighted by Gasteiger charge is 2.11. The number of benzene rings is 1. The maximum atomic E-state index is 13.5. The highest BCUT2D eigenvalue weighted by Crippen LogP contribution is 2.28. The molecule has 0 spiro atoms. The summed E-state index contributed by atoms with van der Waals surface area (Å²) >= 11 is 0.874. The number of rotatable bonds is 3. The molecule has 0 aliphatic heterocycles. The molecule has 98 valence electrons. The summed E-state index contributed by atoms with van der Waals surface area (Å²) in [6, 6.07) is 3.09. The van der Waals surface area contributed by atoms with Gasteiger partial charge in [0.1, 0.15) is 16.7 Å². The first-order valence-corrected chi connectivity index (χ1v) is 5.95. The van der Waals surface area contributed by atoms with Crippen LogP contribution in [0.4, 0.5) is 8.78 Å². The van der Waals surface area contributed by atoms with Gasteiger partial charge in [-0.1, -0.05) is 11.8 Å². The number of hydrogen-bond donors (Lipinski definition) is 0. The fraction of sp³-hybridized carbons (Fsp3) is 0.0833. The van der Waals surface area contributed by atoms with Crippen LogP contribution >= 0.6 is 11.8 Å². The molecular weight excluding hydrogens is 274 g/mol. The Bertz CT molecular complexity index is 622. The quantitative estimate of drug-likeness (QED) is 0.810. The fourth-order valence-electron chi connectivity index (χ4n) is 1.27. The van der Waals surface area contributed by atoms with E-state index in [0.717, 1.165) is 30.0 Å². The molecule has 19 heavy (non-hydrogen) atoms. The lowest BCUT2D eigenvalue weighted by molar-refractivity contribution is 0.0592. The Morgan fingerprint density at radius 2 is 2.11 bits per heavy atom. The Kier molecular flexibility index (Phi) is 4.06. The van der Waals surface area contributed by atoms with Crippen LogP contribution in [0.1, 0.15) is 10.5 Å². The SMILES string of the molecule is COC(=O)c1cncc(Sc2cc(F)ccc2F)n1. The van der Waals surface area contributed by atoms with Crippen molar-refractivity contribution in [2.45, 2.75) is 9.92 Å². The van der Waals surface area contributed by atoms with Crippen LogP contribution in [0, 0.1) is 11.6 Å². The van der Waals surface area contributed by atoms with E-state index in [0.29, 0.717) is 0 Å². The van der Waals surface area contributed by atoms with E-state index >= 15 is 0 Å². The van der Waals surface area contributed by atoms with Crippen LogP contribution in [-0.4, -0.2) is 23.0 Å². The van der Waals surface area contributed by atoms with E-state index in [9.17, 15) is 13.6 Å². The number of ether oxygens (including phenoxy) is 1. The summed E-state index contributed by atoms with van der Waals surface area (Å²) in [6.45, 7) is 0. The summed E-state index contributed by atoms with van der Waals surface area (Å²) in [5.74, 6) is -1.77. The van der Waals surface area contributed by atoms with E-state index in [2.05, 4.69) is 14.7 Å². The number of nitrogens with zero attached hydrogens (tertiary/aromatic N) is 2. The summed E-state index contributed by atoms with van der Waals surface area (Å²) in [7, 11) is 1.22. The summed E-state index contributed by atoms with van der Waals surface area (Å²) in [4.78, 5) is 19.1. The maximum Gasteiger partial charge on any atom is 0.358 e. The highest BCUT2D eigenvalue weighted by atomic mass is 32.2. The topological polar surface area (TPSA) is 52.1 Å². The zero-order chi connectivity index (χ0) is 13.8. The van der Waals surface area contributed by atoms with Crippen molar-refractivity contribution in [2.24, 2.45) is 0 Å². The second-order valence-corrected chi connectivity index (χ2v) is 4.47. The molecule has 0 saturated carbocycles. The van der Waals surface area contributed by atoms with Gasteiger partial charge in [0.15, 0.2) is 5.69 Å². The van der Waals surface area contributed by atoms with Gasteiger partial charge in [0.05, 0.1) is 24.4 Å². The molecular formula is C12H8F2N2O2S. The second-order valence-electron chi connectivity index (χ2n) is 3.41. The minimum Gasteiger partial charge on any atom is -0.464 e. The van der Waals surface area contributed by atoms with Gasteiger partial charge in [-0.05, 0) is 18.2 Å². The van der Waals surface area contributed by atoms with Gasteiger partial charge in [-0.3, -0.25) is 4.98 Å². The Morgan fingerprint density at radius 1 is 1.32 bits per heavy atom. The van der Waals surface area contributed by atoms with Gasteiger partial charge in [0.2, 0.25) is 0 Å². The van der Waals surface area contributed by atoms with Crippen molar-refractivity contribution in [2.75, 3.05) is 7.11 Å². The van der Waals surface area contributed by atoms with Crippen LogP contribution in [-0.2, 0) is 4.74 Å². The highest BCUT2D eigenvalue weighted by molar-refractivity contribution is 7.99. The van der Waals surface area contributed by atoms with Crippen molar-refractivity contribution in [3.05, 3.63) is 47.9 Å². The van der Waals surface area contributed by atoms with Gasteiger partial charge < -0.3 is 4.74 Å². The van der Waals surface area contributed by atoms with Gasteiger partial charge in [-0.15, -0.1) is 0 Å². The Hall–Kier alpha value is -2.02. The van der Waals surface area contributed by atoms with Gasteiger partial charge in [-0.2, -0.15) is 0 Å². The lowest BCUT2D eigenvalue weighted by Crippen LogP contribution is -2.05. The summed E-state index contributed by atoms with van der Waals surface area (Å²) < 4.78 is 31.0. The van der Waals surface area contributed by atoms with Gasteiger partial charge in [-0.25, -0.2) is 18.6 Å². The Balaban J connectivity index is 2.28. The van der Waals surface area contributed by atoms with E-state index in [-0.39, 0.29) is 15.6 Å². The average molecular weight is 282 g/mol. The van der Waals surface area contributed by atoms with Crippen molar-refractivity contribution in [3.63, 3.8) is 0 Å². The van der Waals surface area contributed by atoms with E-state index in [1.54, 1.807) is 0 Å². The maximum absolute atomic E-state index is 13.5. The van der Waals surface area contributed by atoms with Crippen molar-refractivity contribution in [3.8, 4) is 0 Å². The smallest absolute Gasteiger partial charge is 0.358 e. The van der Waals surface area contributed by atoms with E-state index in [4.69, 9.17) is 0 Å². The molecule has 1 aromatic carbocycles. The largest absolute Gasteiger partial charge is 0.464 e. The third-order valence-electron chi connectivity index (χ3n) is 2.11. The van der Waals surface area contributed by atoms with Crippen LogP contribution in [0.5, 0.6) is 0 Å². The van der Waals surface area contributed by atoms with Gasteiger partial charge in [0.25, 0.3) is 0 Å². The molecule has 0 fully saturated rings. The number of hydrogen-bond acceptors (Lipinski definition) is 5. The molecule has 4 nitrogen and oxygen atoms in total. The fourth-order valence-corrected chi connectivity index (χ4v) is 2.09. The second kappa shape index (κ2) is 5.75. The molecule has 0 radical (unpaired) electrons. The molecule has 2 aromatic rings. The van der Waals surface area contributed by atoms with Crippen LogP contribution in [0.15, 0.2) is 40.5 Å². The minimum atomic E-state index is -0.644. The van der Waals surface area contributed by atoms with E-state index in [1.807, 2.05) is 0 Å². The molecule has 0 bridgehead atoms. The van der Waals surface area contributed by atoms with Crippen LogP contribution in [0.25, 0.3) is 0 Å². The zero-order valence-corrected chi connectivity index (χ0v) is 10.6. The molecule has 0 saturated heterocycles. The summed E-state index contributed by atoms with van der Waals surface area (Å²) in [6.07, 6.45) is 2.58. The first-order valence-electron chi connectivity index (χ1n) is 5.13. The van der Waals surface area contributed by atoms with Crippen LogP contribution < -0.4 is 0 Å². The van der Waals surface area contributed by atoms with Crippen molar-refractivity contribution >= 4 is 17.7 Å². The number of halogens is 2. The van der Waals surface area contributed by atoms with Gasteiger partial charge >= 0.3 is 5.97 Å². The average Bonchev–Trinajstić information content (AvgIpc) is 2.42. The predicted octanol–water partition coefficient (Wildman–Crippen LogP) is 2.69. The third kappa shape index (κ3) is 3.25. The van der Waals surface area contributed by atoms with E-state index < -0.39 is 17.6 Å². The van der Waals surface area contributed by atoms with Crippen LogP contribution in [0.3, 0.4) is 0 Å². The lowest BCUT2D eigenvalue weighted by atomic mass is 10.3. The molecule has 0 amide bonds. The van der Waals surface area contributed by atoms with E-state index in [1.165, 1.54) is 19.5 Å². The number of methoxy groups -OCH3 is 1. The molecule has 7 heteroatoms. The van der Waals surface area contributed by atoms with Gasteiger partial charge in [0, 0.05) is 0 Å². The monoisotopic (exact) mass is 282 g/mol. The molecule has 1 aromatic heterocycles. The lowest BCUT2D eigenvalue weighted by Gasteiger charge is -2.04. The predicted molar refractivity (Wildman–Crippen MR) is 63.9 cm³/mol. The zero-order valence-electron chi connectivity index (χ0n) is 9.76. The first-order chi connectivity index (χ1) is 9.10. The number of esters is 1. The number of carbonyl (C=O) groups is 1. The first kappa shape index (κ1) is 13.4. The Morgan fingerprint density at radius 3 is 2.84 bits per heavy atom. The summed E-state index contributed by atoms with van der Waals surface area (Å²) in [5.41, 5.74) is 0.00399. The molecule has 0 N–H and O–H groups in total. The number of aromatic nitrogens is 2. The van der Waals surface area contributed by atoms with Crippen molar-refractivity contribution in [1.82, 2.24) is 9.97 Å². The molecule has 1 heterocycles. The summed E-state index contributed by atoms with van der Waals surface area (Å²) in [5, 5.41) is 0.271. The molecule has 0 atom stereocenters.